The Balaban J connectivity index is 1.66. The van der Waals surface area contributed by atoms with Gasteiger partial charge in [0.2, 0.25) is 0 Å². The predicted molar refractivity (Wildman–Crippen MR) is 111 cm³/mol. The van der Waals surface area contributed by atoms with Gasteiger partial charge >= 0.3 is 6.18 Å². The van der Waals surface area contributed by atoms with Gasteiger partial charge in [0.05, 0.1) is 22.3 Å². The SMILES string of the molecule is Cc1cc(C(F)(F)F)c2c(C3CCCN(C(=O)c4cc(C(C)(C)C)nn4C)C3)noc2n1. The molecule has 1 aliphatic heterocycles. The van der Waals surface area contributed by atoms with Gasteiger partial charge in [-0.05, 0) is 31.9 Å². The first-order valence-corrected chi connectivity index (χ1v) is 10.5. The Labute approximate surface area is 183 Å². The van der Waals surface area contributed by atoms with Crippen LogP contribution in [0.15, 0.2) is 16.7 Å². The lowest BCUT2D eigenvalue weighted by Crippen LogP contribution is -2.40. The average molecular weight is 449 g/mol. The highest BCUT2D eigenvalue weighted by molar-refractivity contribution is 5.93. The second kappa shape index (κ2) is 7.60. The van der Waals surface area contributed by atoms with Gasteiger partial charge in [-0.2, -0.15) is 18.3 Å². The molecule has 4 heterocycles. The second-order valence-corrected chi connectivity index (χ2v) is 9.44. The summed E-state index contributed by atoms with van der Waals surface area (Å²) in [6.07, 6.45) is -3.31. The van der Waals surface area contributed by atoms with E-state index in [0.29, 0.717) is 25.1 Å². The Morgan fingerprint density at radius 1 is 1.22 bits per heavy atom. The second-order valence-electron chi connectivity index (χ2n) is 9.44. The molecule has 1 saturated heterocycles. The van der Waals surface area contributed by atoms with Gasteiger partial charge in [0.25, 0.3) is 11.6 Å². The number of piperidine rings is 1. The monoisotopic (exact) mass is 449 g/mol. The zero-order valence-corrected chi connectivity index (χ0v) is 18.7. The number of nitrogens with zero attached hydrogens (tertiary/aromatic N) is 5. The van der Waals surface area contributed by atoms with E-state index in [9.17, 15) is 18.0 Å². The third-order valence-corrected chi connectivity index (χ3v) is 5.87. The fraction of sp³-hybridized carbons (Fsp3) is 0.545. The Hall–Kier alpha value is -2.91. The quantitative estimate of drug-likeness (QED) is 0.572. The molecule has 0 N–H and O–H groups in total. The number of carbonyl (C=O) groups is 1. The first-order valence-electron chi connectivity index (χ1n) is 10.5. The molecule has 0 bridgehead atoms. The maximum atomic E-state index is 13.7. The van der Waals surface area contributed by atoms with E-state index < -0.39 is 11.7 Å². The van der Waals surface area contributed by atoms with E-state index in [1.54, 1.807) is 22.7 Å². The largest absolute Gasteiger partial charge is 0.417 e. The smallest absolute Gasteiger partial charge is 0.337 e. The Bertz CT molecular complexity index is 1170. The van der Waals surface area contributed by atoms with Crippen LogP contribution in [0, 0.1) is 6.92 Å². The fourth-order valence-corrected chi connectivity index (χ4v) is 4.18. The predicted octanol–water partition coefficient (Wildman–Crippen LogP) is 4.60. The van der Waals surface area contributed by atoms with E-state index in [4.69, 9.17) is 4.52 Å². The number of amides is 1. The van der Waals surface area contributed by atoms with Crippen molar-refractivity contribution in [2.45, 2.75) is 58.0 Å². The average Bonchev–Trinajstić information content (AvgIpc) is 3.29. The van der Waals surface area contributed by atoms with Crippen LogP contribution in [0.3, 0.4) is 0 Å². The molecule has 0 radical (unpaired) electrons. The molecule has 7 nitrogen and oxygen atoms in total. The minimum Gasteiger partial charge on any atom is -0.337 e. The van der Waals surface area contributed by atoms with E-state index in [-0.39, 0.29) is 46.3 Å². The number of alkyl halides is 3. The standard InChI is InChI=1S/C22H26F3N5O2/c1-12-9-14(22(23,24)25)17-18(28-32-19(17)26-12)13-7-6-8-30(11-13)20(31)15-10-16(21(2,3)4)27-29(15)5/h9-10,13H,6-8,11H2,1-5H3. The Kier molecular flexibility index (Phi) is 5.29. The number of halogens is 3. The molecule has 0 saturated carbocycles. The van der Waals surface area contributed by atoms with E-state index in [1.807, 2.05) is 20.8 Å². The van der Waals surface area contributed by atoms with Crippen LogP contribution < -0.4 is 0 Å². The van der Waals surface area contributed by atoms with Crippen LogP contribution in [0.5, 0.6) is 0 Å². The minimum atomic E-state index is -4.56. The summed E-state index contributed by atoms with van der Waals surface area (Å²) in [7, 11) is 1.72. The fourth-order valence-electron chi connectivity index (χ4n) is 4.18. The van der Waals surface area contributed by atoms with Crippen molar-refractivity contribution in [3.05, 3.63) is 40.5 Å². The van der Waals surface area contributed by atoms with Crippen LogP contribution in [0.2, 0.25) is 0 Å². The number of rotatable bonds is 2. The van der Waals surface area contributed by atoms with Crippen LogP contribution in [0.4, 0.5) is 13.2 Å². The molecule has 172 valence electrons. The van der Waals surface area contributed by atoms with E-state index in [2.05, 4.69) is 15.2 Å². The number of pyridine rings is 1. The summed E-state index contributed by atoms with van der Waals surface area (Å²) < 4.78 is 47.9. The first kappa shape index (κ1) is 22.3. The minimum absolute atomic E-state index is 0.113. The van der Waals surface area contributed by atoms with Crippen molar-refractivity contribution in [2.75, 3.05) is 13.1 Å². The molecular formula is C22H26F3N5O2. The van der Waals surface area contributed by atoms with Gasteiger partial charge in [0, 0.05) is 37.2 Å². The summed E-state index contributed by atoms with van der Waals surface area (Å²) in [5.41, 5.74) is 0.527. The van der Waals surface area contributed by atoms with E-state index in [1.165, 1.54) is 6.92 Å². The van der Waals surface area contributed by atoms with Crippen molar-refractivity contribution in [2.24, 2.45) is 7.05 Å². The number of aryl methyl sites for hydroxylation is 2. The van der Waals surface area contributed by atoms with Crippen LogP contribution in [0.25, 0.3) is 11.1 Å². The summed E-state index contributed by atoms with van der Waals surface area (Å²) in [6, 6.07) is 2.80. The highest BCUT2D eigenvalue weighted by Crippen LogP contribution is 2.40. The molecule has 3 aromatic rings. The third kappa shape index (κ3) is 3.98. The summed E-state index contributed by atoms with van der Waals surface area (Å²) in [5.74, 6) is -0.576. The van der Waals surface area contributed by atoms with Crippen molar-refractivity contribution >= 4 is 17.0 Å². The molecule has 3 aromatic heterocycles. The van der Waals surface area contributed by atoms with Crippen molar-refractivity contribution in [3.8, 4) is 0 Å². The number of hydrogen-bond donors (Lipinski definition) is 0. The van der Waals surface area contributed by atoms with E-state index in [0.717, 1.165) is 11.8 Å². The number of aromatic nitrogens is 4. The molecule has 1 unspecified atom stereocenters. The molecule has 0 spiro atoms. The summed E-state index contributed by atoms with van der Waals surface area (Å²) in [4.78, 5) is 19.0. The number of likely N-dealkylation sites (tertiary alicyclic amines) is 1. The van der Waals surface area contributed by atoms with Crippen LogP contribution >= 0.6 is 0 Å². The van der Waals surface area contributed by atoms with Crippen LogP contribution in [0.1, 0.15) is 72.7 Å². The molecule has 1 aliphatic rings. The molecule has 1 fully saturated rings. The van der Waals surface area contributed by atoms with Crippen LogP contribution in [-0.4, -0.2) is 43.8 Å². The van der Waals surface area contributed by atoms with Crippen LogP contribution in [-0.2, 0) is 18.6 Å². The molecule has 0 aromatic carbocycles. The lowest BCUT2D eigenvalue weighted by Gasteiger charge is -2.32. The van der Waals surface area contributed by atoms with Gasteiger partial charge in [-0.25, -0.2) is 4.98 Å². The summed E-state index contributed by atoms with van der Waals surface area (Å²) >= 11 is 0. The lowest BCUT2D eigenvalue weighted by atomic mass is 9.91. The van der Waals surface area contributed by atoms with Gasteiger partial charge in [0.1, 0.15) is 5.69 Å². The normalized spacial score (nSPS) is 17.9. The zero-order chi connectivity index (χ0) is 23.4. The Morgan fingerprint density at radius 3 is 2.56 bits per heavy atom. The van der Waals surface area contributed by atoms with Crippen molar-refractivity contribution in [1.82, 2.24) is 24.8 Å². The molecule has 4 rings (SSSR count). The maximum absolute atomic E-state index is 13.7. The summed E-state index contributed by atoms with van der Waals surface area (Å²) in [5, 5.41) is 8.31. The number of carbonyl (C=O) groups excluding carboxylic acids is 1. The third-order valence-electron chi connectivity index (χ3n) is 5.87. The lowest BCUT2D eigenvalue weighted by molar-refractivity contribution is -0.136. The van der Waals surface area contributed by atoms with Crippen molar-refractivity contribution < 1.29 is 22.5 Å². The Morgan fingerprint density at radius 2 is 1.94 bits per heavy atom. The van der Waals surface area contributed by atoms with Gasteiger partial charge in [-0.15, -0.1) is 0 Å². The molecule has 1 atom stereocenters. The maximum Gasteiger partial charge on any atom is 0.417 e. The number of hydrogen-bond acceptors (Lipinski definition) is 5. The zero-order valence-electron chi connectivity index (χ0n) is 18.7. The highest BCUT2D eigenvalue weighted by Gasteiger charge is 2.38. The highest BCUT2D eigenvalue weighted by atomic mass is 19.4. The van der Waals surface area contributed by atoms with Crippen molar-refractivity contribution in [1.29, 1.82) is 0 Å². The topological polar surface area (TPSA) is 77.0 Å². The molecule has 0 aliphatic carbocycles. The number of fused-ring (bicyclic) bond motifs is 1. The molecular weight excluding hydrogens is 423 g/mol. The van der Waals surface area contributed by atoms with Crippen molar-refractivity contribution in [3.63, 3.8) is 0 Å². The summed E-state index contributed by atoms with van der Waals surface area (Å²) in [6.45, 7) is 8.31. The van der Waals surface area contributed by atoms with Gasteiger partial charge in [0.15, 0.2) is 0 Å². The van der Waals surface area contributed by atoms with Gasteiger partial charge < -0.3 is 9.42 Å². The molecule has 10 heteroatoms. The molecule has 32 heavy (non-hydrogen) atoms. The van der Waals surface area contributed by atoms with Gasteiger partial charge in [-0.3, -0.25) is 9.48 Å². The first-order chi connectivity index (χ1) is 14.9. The van der Waals surface area contributed by atoms with E-state index >= 15 is 0 Å². The molecule has 1 amide bonds. The van der Waals surface area contributed by atoms with Gasteiger partial charge in [-0.1, -0.05) is 25.9 Å².